The lowest BCUT2D eigenvalue weighted by Gasteiger charge is -2.04. The number of carbonyl (C=O) groups excluding carboxylic acids is 1. The molecule has 4 N–H and O–H groups in total. The van der Waals surface area contributed by atoms with Crippen molar-refractivity contribution in [3.63, 3.8) is 0 Å². The van der Waals surface area contributed by atoms with E-state index >= 15 is 0 Å². The zero-order valence-electron chi connectivity index (χ0n) is 6.97. The van der Waals surface area contributed by atoms with Gasteiger partial charge in [0.05, 0.1) is 0 Å². The molecule has 0 atom stereocenters. The number of amides is 1. The molecule has 70 valence electrons. The average Bonchev–Trinajstić information content (AvgIpc) is 2.03. The van der Waals surface area contributed by atoms with Gasteiger partial charge >= 0.3 is 0 Å². The van der Waals surface area contributed by atoms with E-state index in [-0.39, 0.29) is 6.42 Å². The van der Waals surface area contributed by atoms with Crippen LogP contribution in [0.3, 0.4) is 0 Å². The Morgan fingerprint density at radius 1 is 1.46 bits per heavy atom. The highest BCUT2D eigenvalue weighted by Gasteiger charge is 2.03. The molecule has 4 heteroatoms. The van der Waals surface area contributed by atoms with Crippen LogP contribution in [-0.2, 0) is 6.42 Å². The summed E-state index contributed by atoms with van der Waals surface area (Å²) in [5.74, 6) is -0.519. The number of hydrogen-bond acceptors (Lipinski definition) is 3. The van der Waals surface area contributed by atoms with Crippen molar-refractivity contribution in [2.75, 3.05) is 0 Å². The largest absolute Gasteiger partial charge is 0.368 e. The minimum Gasteiger partial charge on any atom is -0.368 e. The molecule has 13 heavy (non-hydrogen) atoms. The minimum absolute atomic E-state index is 0.0983. The molecule has 0 spiro atoms. The quantitative estimate of drug-likeness (QED) is 0.557. The topological polar surface area (TPSA) is 83.6 Å². The van der Waals surface area contributed by atoms with Crippen LogP contribution in [0.1, 0.15) is 15.9 Å². The van der Waals surface area contributed by atoms with Crippen LogP contribution >= 0.6 is 0 Å². The van der Waals surface area contributed by atoms with Crippen molar-refractivity contribution in [3.8, 4) is 0 Å². The molecule has 4 nitrogen and oxygen atoms in total. The van der Waals surface area contributed by atoms with Crippen LogP contribution in [0.25, 0.3) is 0 Å². The second-order valence-corrected chi connectivity index (χ2v) is 2.75. The molecule has 1 aromatic rings. The van der Waals surface area contributed by atoms with E-state index in [1.54, 1.807) is 24.3 Å². The molecule has 0 radical (unpaired) electrons. The number of aliphatic hydroxyl groups excluding tert-OH is 1. The van der Waals surface area contributed by atoms with Crippen molar-refractivity contribution in [2.24, 2.45) is 5.73 Å². The number of carbonyl (C=O) groups is 1. The van der Waals surface area contributed by atoms with Crippen molar-refractivity contribution in [2.45, 2.75) is 12.7 Å². The Kier molecular flexibility index (Phi) is 3.00. The van der Waals surface area contributed by atoms with Crippen molar-refractivity contribution < 1.29 is 15.0 Å². The van der Waals surface area contributed by atoms with Gasteiger partial charge in [0.1, 0.15) is 0 Å². The fourth-order valence-corrected chi connectivity index (χ4v) is 1.06. The van der Waals surface area contributed by atoms with Gasteiger partial charge in [-0.15, -0.1) is 0 Å². The molecule has 0 heterocycles. The summed E-state index contributed by atoms with van der Waals surface area (Å²) < 4.78 is 0. The maximum atomic E-state index is 10.7. The molecular formula is C9H11NO3. The SMILES string of the molecule is NC(=O)c1cccc(CC(O)O)c1. The Morgan fingerprint density at radius 2 is 2.15 bits per heavy atom. The lowest BCUT2D eigenvalue weighted by atomic mass is 10.1. The summed E-state index contributed by atoms with van der Waals surface area (Å²) in [4.78, 5) is 10.7. The molecule has 1 aromatic carbocycles. The molecule has 0 aromatic heterocycles. The maximum absolute atomic E-state index is 10.7. The van der Waals surface area contributed by atoms with E-state index in [1.165, 1.54) is 0 Å². The number of benzene rings is 1. The van der Waals surface area contributed by atoms with Gasteiger partial charge in [0.2, 0.25) is 5.91 Å². The van der Waals surface area contributed by atoms with Gasteiger partial charge in [0.25, 0.3) is 0 Å². The Bertz CT molecular complexity index is 309. The lowest BCUT2D eigenvalue weighted by Crippen LogP contribution is -2.13. The first kappa shape index (κ1) is 9.70. The molecule has 0 saturated heterocycles. The summed E-state index contributed by atoms with van der Waals surface area (Å²) in [6.07, 6.45) is -1.30. The van der Waals surface area contributed by atoms with Crippen LogP contribution in [0.5, 0.6) is 0 Å². The van der Waals surface area contributed by atoms with Gasteiger partial charge in [0.15, 0.2) is 6.29 Å². The van der Waals surface area contributed by atoms with E-state index in [1.807, 2.05) is 0 Å². The molecule has 0 fully saturated rings. The number of nitrogens with two attached hydrogens (primary N) is 1. The molecule has 0 unspecified atom stereocenters. The summed E-state index contributed by atoms with van der Waals surface area (Å²) in [5.41, 5.74) is 6.10. The molecular weight excluding hydrogens is 170 g/mol. The van der Waals surface area contributed by atoms with E-state index < -0.39 is 12.2 Å². The van der Waals surface area contributed by atoms with E-state index in [9.17, 15) is 4.79 Å². The summed E-state index contributed by atoms with van der Waals surface area (Å²) in [6, 6.07) is 6.47. The highest BCUT2D eigenvalue weighted by Crippen LogP contribution is 2.06. The lowest BCUT2D eigenvalue weighted by molar-refractivity contribution is -0.0381. The predicted octanol–water partition coefficient (Wildman–Crippen LogP) is -0.361. The van der Waals surface area contributed by atoms with Gasteiger partial charge in [-0.25, -0.2) is 0 Å². The molecule has 0 bridgehead atoms. The number of aliphatic hydroxyl groups is 2. The zero-order valence-corrected chi connectivity index (χ0v) is 6.97. The first-order chi connectivity index (χ1) is 6.09. The Hall–Kier alpha value is -1.39. The zero-order chi connectivity index (χ0) is 9.84. The standard InChI is InChI=1S/C9H11NO3/c10-9(13)7-3-1-2-6(4-7)5-8(11)12/h1-4,8,11-12H,5H2,(H2,10,13). The van der Waals surface area contributed by atoms with Crippen LogP contribution in [0.4, 0.5) is 0 Å². The second kappa shape index (κ2) is 4.02. The summed E-state index contributed by atoms with van der Waals surface area (Å²) in [7, 11) is 0. The third-order valence-electron chi connectivity index (χ3n) is 1.63. The fraction of sp³-hybridized carbons (Fsp3) is 0.222. The second-order valence-electron chi connectivity index (χ2n) is 2.75. The molecule has 0 saturated carbocycles. The Balaban J connectivity index is 2.85. The van der Waals surface area contributed by atoms with Crippen LogP contribution in [0.2, 0.25) is 0 Å². The van der Waals surface area contributed by atoms with Gasteiger partial charge in [0, 0.05) is 12.0 Å². The van der Waals surface area contributed by atoms with Crippen molar-refractivity contribution in [3.05, 3.63) is 35.4 Å². The van der Waals surface area contributed by atoms with Gasteiger partial charge < -0.3 is 15.9 Å². The van der Waals surface area contributed by atoms with Crippen molar-refractivity contribution >= 4 is 5.91 Å². The first-order valence-corrected chi connectivity index (χ1v) is 3.84. The van der Waals surface area contributed by atoms with Crippen molar-refractivity contribution in [1.82, 2.24) is 0 Å². The van der Waals surface area contributed by atoms with E-state index in [2.05, 4.69) is 0 Å². The van der Waals surface area contributed by atoms with Gasteiger partial charge in [-0.2, -0.15) is 0 Å². The van der Waals surface area contributed by atoms with Crippen LogP contribution < -0.4 is 5.73 Å². The van der Waals surface area contributed by atoms with Crippen molar-refractivity contribution in [1.29, 1.82) is 0 Å². The highest BCUT2D eigenvalue weighted by molar-refractivity contribution is 5.92. The summed E-state index contributed by atoms with van der Waals surface area (Å²) >= 11 is 0. The van der Waals surface area contributed by atoms with E-state index in [0.29, 0.717) is 11.1 Å². The molecule has 0 aliphatic carbocycles. The smallest absolute Gasteiger partial charge is 0.248 e. The Labute approximate surface area is 75.6 Å². The van der Waals surface area contributed by atoms with E-state index in [0.717, 1.165) is 0 Å². The van der Waals surface area contributed by atoms with Crippen LogP contribution in [-0.4, -0.2) is 22.4 Å². The van der Waals surface area contributed by atoms with Crippen LogP contribution in [0.15, 0.2) is 24.3 Å². The van der Waals surface area contributed by atoms with Gasteiger partial charge in [-0.3, -0.25) is 4.79 Å². The number of hydrogen-bond donors (Lipinski definition) is 3. The normalized spacial score (nSPS) is 10.4. The minimum atomic E-state index is -1.40. The number of rotatable bonds is 3. The highest BCUT2D eigenvalue weighted by atomic mass is 16.5. The monoisotopic (exact) mass is 181 g/mol. The first-order valence-electron chi connectivity index (χ1n) is 3.84. The molecule has 1 rings (SSSR count). The summed E-state index contributed by atoms with van der Waals surface area (Å²) in [5, 5.41) is 17.3. The van der Waals surface area contributed by atoms with E-state index in [4.69, 9.17) is 15.9 Å². The third kappa shape index (κ3) is 2.85. The number of primary amides is 1. The molecule has 0 aliphatic heterocycles. The van der Waals surface area contributed by atoms with Gasteiger partial charge in [-0.05, 0) is 17.7 Å². The Morgan fingerprint density at radius 3 is 2.69 bits per heavy atom. The fourth-order valence-electron chi connectivity index (χ4n) is 1.06. The maximum Gasteiger partial charge on any atom is 0.248 e. The molecule has 0 aliphatic rings. The van der Waals surface area contributed by atoms with Crippen LogP contribution in [0, 0.1) is 0 Å². The molecule has 1 amide bonds. The predicted molar refractivity (Wildman–Crippen MR) is 46.9 cm³/mol. The third-order valence-corrected chi connectivity index (χ3v) is 1.63. The van der Waals surface area contributed by atoms with Gasteiger partial charge in [-0.1, -0.05) is 12.1 Å². The summed E-state index contributed by atoms with van der Waals surface area (Å²) in [6.45, 7) is 0. The average molecular weight is 181 g/mol.